The van der Waals surface area contributed by atoms with Crippen LogP contribution in [-0.2, 0) is 18.6 Å². The SMILES string of the molecule is CC1(C)O[C@H]2[C@H]3OC(=O)N[C@H]3[C@@](O)(CO[Si](C)(C)C(C)(C)C)[C@H]2O1. The van der Waals surface area contributed by atoms with Crippen LogP contribution in [0.4, 0.5) is 4.79 Å². The van der Waals surface area contributed by atoms with Crippen LogP contribution in [0.5, 0.6) is 0 Å². The largest absolute Gasteiger partial charge is 0.441 e. The fourth-order valence-corrected chi connectivity index (χ4v) is 4.40. The number of fused-ring (bicyclic) bond motifs is 3. The number of nitrogens with one attached hydrogen (secondary N) is 1. The number of carbonyl (C=O) groups is 1. The number of rotatable bonds is 3. The number of alkyl carbamates (subject to hydrolysis) is 1. The summed E-state index contributed by atoms with van der Waals surface area (Å²) in [5.41, 5.74) is -1.38. The van der Waals surface area contributed by atoms with Gasteiger partial charge in [0.05, 0.1) is 6.61 Å². The van der Waals surface area contributed by atoms with Gasteiger partial charge in [0.1, 0.15) is 23.9 Å². The van der Waals surface area contributed by atoms with Crippen molar-refractivity contribution in [2.75, 3.05) is 6.61 Å². The van der Waals surface area contributed by atoms with Gasteiger partial charge in [0.2, 0.25) is 0 Å². The van der Waals surface area contributed by atoms with Crippen LogP contribution >= 0.6 is 0 Å². The van der Waals surface area contributed by atoms with Crippen LogP contribution in [0.15, 0.2) is 0 Å². The molecule has 0 spiro atoms. The van der Waals surface area contributed by atoms with E-state index in [1.165, 1.54) is 0 Å². The third kappa shape index (κ3) is 2.68. The molecule has 0 radical (unpaired) electrons. The van der Waals surface area contributed by atoms with Gasteiger partial charge in [-0.15, -0.1) is 0 Å². The molecule has 3 aliphatic rings. The first-order valence-electron chi connectivity index (χ1n) is 8.46. The van der Waals surface area contributed by atoms with E-state index in [4.69, 9.17) is 18.6 Å². The van der Waals surface area contributed by atoms with E-state index in [-0.39, 0.29) is 11.6 Å². The Labute approximate surface area is 144 Å². The van der Waals surface area contributed by atoms with Crippen molar-refractivity contribution in [1.29, 1.82) is 0 Å². The molecule has 138 valence electrons. The minimum Gasteiger partial charge on any atom is -0.441 e. The van der Waals surface area contributed by atoms with Gasteiger partial charge < -0.3 is 29.1 Å². The highest BCUT2D eigenvalue weighted by molar-refractivity contribution is 6.74. The highest BCUT2D eigenvalue weighted by Crippen LogP contribution is 2.48. The molecule has 24 heavy (non-hydrogen) atoms. The lowest BCUT2D eigenvalue weighted by Gasteiger charge is -2.40. The summed E-state index contributed by atoms with van der Waals surface area (Å²) in [4.78, 5) is 11.7. The minimum atomic E-state index is -2.07. The van der Waals surface area contributed by atoms with E-state index in [1.807, 2.05) is 0 Å². The molecule has 0 bridgehead atoms. The molecule has 1 aliphatic carbocycles. The van der Waals surface area contributed by atoms with Crippen molar-refractivity contribution in [1.82, 2.24) is 5.32 Å². The van der Waals surface area contributed by atoms with E-state index in [2.05, 4.69) is 39.2 Å². The zero-order valence-electron chi connectivity index (χ0n) is 15.5. The molecule has 8 heteroatoms. The molecule has 3 rings (SSSR count). The summed E-state index contributed by atoms with van der Waals surface area (Å²) >= 11 is 0. The van der Waals surface area contributed by atoms with Crippen LogP contribution in [0.25, 0.3) is 0 Å². The van der Waals surface area contributed by atoms with Crippen molar-refractivity contribution in [3.63, 3.8) is 0 Å². The van der Waals surface area contributed by atoms with E-state index in [0.29, 0.717) is 0 Å². The highest BCUT2D eigenvalue weighted by Gasteiger charge is 2.70. The van der Waals surface area contributed by atoms with E-state index in [1.54, 1.807) is 13.8 Å². The normalized spacial score (nSPS) is 40.9. The van der Waals surface area contributed by atoms with Gasteiger partial charge >= 0.3 is 6.09 Å². The lowest BCUT2D eigenvalue weighted by molar-refractivity contribution is -0.193. The van der Waals surface area contributed by atoms with Crippen molar-refractivity contribution in [3.8, 4) is 0 Å². The zero-order chi connectivity index (χ0) is 18.1. The molecule has 1 amide bonds. The first-order chi connectivity index (χ1) is 10.8. The molecule has 0 aromatic carbocycles. The minimum absolute atomic E-state index is 0.0164. The van der Waals surface area contributed by atoms with Gasteiger partial charge in [-0.3, -0.25) is 0 Å². The molecular weight excluding hydrogens is 330 g/mol. The van der Waals surface area contributed by atoms with Crippen LogP contribution in [0.1, 0.15) is 34.6 Å². The van der Waals surface area contributed by atoms with E-state index >= 15 is 0 Å². The Hall–Kier alpha value is -0.673. The second kappa shape index (κ2) is 5.17. The topological polar surface area (TPSA) is 86.3 Å². The van der Waals surface area contributed by atoms with Gasteiger partial charge in [0, 0.05) is 0 Å². The average molecular weight is 359 g/mol. The lowest BCUT2D eigenvalue weighted by atomic mass is 9.96. The lowest BCUT2D eigenvalue weighted by Crippen LogP contribution is -2.59. The van der Waals surface area contributed by atoms with Gasteiger partial charge in [-0.25, -0.2) is 4.79 Å². The van der Waals surface area contributed by atoms with Crippen molar-refractivity contribution in [2.24, 2.45) is 0 Å². The van der Waals surface area contributed by atoms with Crippen molar-refractivity contribution >= 4 is 14.4 Å². The molecule has 2 N–H and O–H groups in total. The average Bonchev–Trinajstić information content (AvgIpc) is 2.99. The Bertz CT molecular complexity index is 545. The zero-order valence-corrected chi connectivity index (χ0v) is 16.5. The molecular formula is C16H29NO6Si. The number of ether oxygens (including phenoxy) is 3. The first-order valence-corrected chi connectivity index (χ1v) is 11.4. The monoisotopic (exact) mass is 359 g/mol. The van der Waals surface area contributed by atoms with E-state index < -0.39 is 50.2 Å². The molecule has 0 aromatic rings. The van der Waals surface area contributed by atoms with Crippen molar-refractivity contribution < 1.29 is 28.5 Å². The Morgan fingerprint density at radius 1 is 1.25 bits per heavy atom. The summed E-state index contributed by atoms with van der Waals surface area (Å²) in [5, 5.41) is 14.1. The second-order valence-electron chi connectivity index (χ2n) is 9.05. The molecule has 5 atom stereocenters. The fourth-order valence-electron chi connectivity index (χ4n) is 3.38. The Balaban J connectivity index is 1.85. The smallest absolute Gasteiger partial charge is 0.408 e. The van der Waals surface area contributed by atoms with Crippen LogP contribution in [0.3, 0.4) is 0 Å². The maximum Gasteiger partial charge on any atom is 0.408 e. The third-order valence-corrected chi connectivity index (χ3v) is 10.3. The Kier molecular flexibility index (Phi) is 3.90. The van der Waals surface area contributed by atoms with Gasteiger partial charge in [-0.1, -0.05) is 20.8 Å². The third-order valence-electron chi connectivity index (χ3n) is 5.80. The predicted molar refractivity (Wildman–Crippen MR) is 89.1 cm³/mol. The number of carbonyl (C=O) groups excluding carboxylic acids is 1. The summed E-state index contributed by atoms with van der Waals surface area (Å²) in [7, 11) is -2.07. The maximum atomic E-state index is 11.7. The van der Waals surface area contributed by atoms with E-state index in [9.17, 15) is 9.90 Å². The second-order valence-corrected chi connectivity index (χ2v) is 13.9. The number of amides is 1. The summed E-state index contributed by atoms with van der Waals surface area (Å²) in [6, 6.07) is -0.596. The standard InChI is InChI=1S/C16H29NO6Si/c1-14(2,3)24(6,7)20-8-16(19)11-9(21-13(18)17-11)10-12(16)23-15(4,5)22-10/h9-12,19H,8H2,1-7H3,(H,17,18)/t9-,10+,11-,12+,16+/m1/s1. The van der Waals surface area contributed by atoms with Gasteiger partial charge in [-0.2, -0.15) is 0 Å². The molecule has 2 saturated heterocycles. The fraction of sp³-hybridized carbons (Fsp3) is 0.938. The van der Waals surface area contributed by atoms with Crippen LogP contribution in [-0.4, -0.2) is 61.9 Å². The Morgan fingerprint density at radius 3 is 2.46 bits per heavy atom. The molecule has 2 aliphatic heterocycles. The number of hydrogen-bond acceptors (Lipinski definition) is 6. The number of aliphatic hydroxyl groups is 1. The van der Waals surface area contributed by atoms with Crippen molar-refractivity contribution in [3.05, 3.63) is 0 Å². The van der Waals surface area contributed by atoms with Crippen LogP contribution in [0, 0.1) is 0 Å². The van der Waals surface area contributed by atoms with Crippen LogP contribution in [0.2, 0.25) is 18.1 Å². The molecule has 3 fully saturated rings. The molecule has 1 saturated carbocycles. The first kappa shape index (κ1) is 18.1. The summed E-state index contributed by atoms with van der Waals surface area (Å²) in [6.45, 7) is 14.3. The quantitative estimate of drug-likeness (QED) is 0.747. The molecule has 0 aromatic heterocycles. The van der Waals surface area contributed by atoms with Gasteiger partial charge in [-0.05, 0) is 32.0 Å². The summed E-state index contributed by atoms with van der Waals surface area (Å²) in [5.74, 6) is -0.833. The van der Waals surface area contributed by atoms with Gasteiger partial charge in [0.15, 0.2) is 20.2 Å². The molecule has 7 nitrogen and oxygen atoms in total. The molecule has 2 heterocycles. The van der Waals surface area contributed by atoms with E-state index in [0.717, 1.165) is 0 Å². The predicted octanol–water partition coefficient (Wildman–Crippen LogP) is 1.75. The summed E-state index contributed by atoms with van der Waals surface area (Å²) < 4.78 is 23.4. The maximum absolute atomic E-state index is 11.7. The summed E-state index contributed by atoms with van der Waals surface area (Å²) in [6.07, 6.45) is -2.22. The van der Waals surface area contributed by atoms with Crippen molar-refractivity contribution in [2.45, 2.75) is 88.5 Å². The Morgan fingerprint density at radius 2 is 1.88 bits per heavy atom. The molecule has 0 unspecified atom stereocenters. The van der Waals surface area contributed by atoms with Gasteiger partial charge in [0.25, 0.3) is 0 Å². The highest BCUT2D eigenvalue weighted by atomic mass is 28.4. The van der Waals surface area contributed by atoms with Crippen LogP contribution < -0.4 is 5.32 Å². The number of hydrogen-bond donors (Lipinski definition) is 2.